The van der Waals surface area contributed by atoms with Gasteiger partial charge in [-0.1, -0.05) is 0 Å². The van der Waals surface area contributed by atoms with Gasteiger partial charge in [0.05, 0.1) is 5.71 Å². The highest BCUT2D eigenvalue weighted by molar-refractivity contribution is 6.40. The van der Waals surface area contributed by atoms with Gasteiger partial charge in [0.25, 0.3) is 0 Å². The molecule has 0 aromatic heterocycles. The van der Waals surface area contributed by atoms with Gasteiger partial charge < -0.3 is 0 Å². The summed E-state index contributed by atoms with van der Waals surface area (Å²) in [6.45, 7) is 0.881. The number of hydrogen-bond acceptors (Lipinski definition) is 2. The van der Waals surface area contributed by atoms with E-state index in [0.29, 0.717) is 11.7 Å². The van der Waals surface area contributed by atoms with Gasteiger partial charge in [0.2, 0.25) is 0 Å². The molecule has 2 rings (SSSR count). The number of carbonyl (C=O) groups excluding carboxylic acids is 1. The Morgan fingerprint density at radius 2 is 2.25 bits per heavy atom. The molecule has 0 unspecified atom stereocenters. The van der Waals surface area contributed by atoms with E-state index in [1.165, 1.54) is 19.3 Å². The zero-order valence-electron chi connectivity index (χ0n) is 7.38. The van der Waals surface area contributed by atoms with E-state index < -0.39 is 0 Å². The van der Waals surface area contributed by atoms with Crippen LogP contribution < -0.4 is 0 Å². The van der Waals surface area contributed by atoms with Crippen LogP contribution in [-0.4, -0.2) is 18.0 Å². The molecular formula is C10H15NO. The molecule has 0 spiro atoms. The van der Waals surface area contributed by atoms with E-state index >= 15 is 0 Å². The van der Waals surface area contributed by atoms with E-state index in [9.17, 15) is 4.79 Å². The molecule has 12 heavy (non-hydrogen) atoms. The van der Waals surface area contributed by atoms with Crippen molar-refractivity contribution >= 4 is 11.5 Å². The van der Waals surface area contributed by atoms with Crippen LogP contribution in [0.25, 0.3) is 0 Å². The van der Waals surface area contributed by atoms with Gasteiger partial charge >= 0.3 is 0 Å². The second-order valence-corrected chi connectivity index (χ2v) is 3.86. The van der Waals surface area contributed by atoms with Crippen molar-refractivity contribution < 1.29 is 4.79 Å². The highest BCUT2D eigenvalue weighted by atomic mass is 16.1. The van der Waals surface area contributed by atoms with Gasteiger partial charge in [0, 0.05) is 13.0 Å². The zero-order valence-corrected chi connectivity index (χ0v) is 7.38. The molecule has 2 nitrogen and oxygen atoms in total. The van der Waals surface area contributed by atoms with E-state index in [4.69, 9.17) is 0 Å². The maximum Gasteiger partial charge on any atom is 0.176 e. The molecule has 0 aromatic carbocycles. The first-order valence-corrected chi connectivity index (χ1v) is 4.93. The Morgan fingerprint density at radius 1 is 1.42 bits per heavy atom. The third kappa shape index (κ3) is 1.93. The lowest BCUT2D eigenvalue weighted by atomic mass is 10.0. The average molecular weight is 165 g/mol. The summed E-state index contributed by atoms with van der Waals surface area (Å²) in [5, 5.41) is 0. The van der Waals surface area contributed by atoms with Crippen LogP contribution in [0.1, 0.15) is 38.5 Å². The van der Waals surface area contributed by atoms with Gasteiger partial charge in [-0.2, -0.15) is 0 Å². The molecule has 0 radical (unpaired) electrons. The summed E-state index contributed by atoms with van der Waals surface area (Å²) in [5.74, 6) is 1.04. The van der Waals surface area contributed by atoms with Crippen molar-refractivity contribution in [3.05, 3.63) is 0 Å². The summed E-state index contributed by atoms with van der Waals surface area (Å²) >= 11 is 0. The maximum absolute atomic E-state index is 11.5. The Hall–Kier alpha value is -0.660. The van der Waals surface area contributed by atoms with Gasteiger partial charge in [-0.15, -0.1) is 0 Å². The van der Waals surface area contributed by atoms with Crippen LogP contribution in [0.5, 0.6) is 0 Å². The minimum Gasteiger partial charge on any atom is -0.293 e. The molecule has 0 bridgehead atoms. The minimum absolute atomic E-state index is 0.331. The number of carbonyl (C=O) groups is 1. The number of ketones is 1. The number of rotatable bonds is 3. The highest BCUT2D eigenvalue weighted by Gasteiger charge is 2.26. The maximum atomic E-state index is 11.5. The largest absolute Gasteiger partial charge is 0.293 e. The molecule has 1 saturated carbocycles. The SMILES string of the molecule is O=C(CC1CC1)C1=NCCCC1. The van der Waals surface area contributed by atoms with E-state index in [1.807, 2.05) is 0 Å². The Bertz CT molecular complexity index is 216. The average Bonchev–Trinajstić information content (AvgIpc) is 2.90. The van der Waals surface area contributed by atoms with Crippen LogP contribution >= 0.6 is 0 Å². The lowest BCUT2D eigenvalue weighted by Gasteiger charge is -2.09. The summed E-state index contributed by atoms with van der Waals surface area (Å²) in [7, 11) is 0. The van der Waals surface area contributed by atoms with Crippen molar-refractivity contribution in [1.82, 2.24) is 0 Å². The zero-order chi connectivity index (χ0) is 8.39. The van der Waals surface area contributed by atoms with Crippen LogP contribution in [0, 0.1) is 5.92 Å². The third-order valence-electron chi connectivity index (χ3n) is 2.62. The fourth-order valence-corrected chi connectivity index (χ4v) is 1.63. The summed E-state index contributed by atoms with van der Waals surface area (Å²) in [6.07, 6.45) is 6.57. The normalized spacial score (nSPS) is 23.5. The van der Waals surface area contributed by atoms with Crippen LogP contribution in [0.3, 0.4) is 0 Å². The molecule has 0 N–H and O–H groups in total. The number of hydrogen-bond donors (Lipinski definition) is 0. The van der Waals surface area contributed by atoms with Crippen molar-refractivity contribution in [3.63, 3.8) is 0 Å². The minimum atomic E-state index is 0.331. The van der Waals surface area contributed by atoms with E-state index in [-0.39, 0.29) is 0 Å². The number of nitrogens with zero attached hydrogens (tertiary/aromatic N) is 1. The van der Waals surface area contributed by atoms with Crippen LogP contribution in [0.2, 0.25) is 0 Å². The first-order valence-electron chi connectivity index (χ1n) is 4.93. The summed E-state index contributed by atoms with van der Waals surface area (Å²) in [5.41, 5.74) is 0.883. The Kier molecular flexibility index (Phi) is 2.24. The molecule has 1 aliphatic carbocycles. The van der Waals surface area contributed by atoms with Crippen molar-refractivity contribution in [3.8, 4) is 0 Å². The Balaban J connectivity index is 1.88. The van der Waals surface area contributed by atoms with E-state index in [2.05, 4.69) is 4.99 Å². The van der Waals surface area contributed by atoms with Crippen LogP contribution in [0.4, 0.5) is 0 Å². The molecule has 0 saturated heterocycles. The molecule has 2 aliphatic rings. The monoisotopic (exact) mass is 165 g/mol. The van der Waals surface area contributed by atoms with Gasteiger partial charge in [-0.05, 0) is 38.0 Å². The molecule has 0 amide bonds. The van der Waals surface area contributed by atoms with E-state index in [0.717, 1.165) is 31.5 Å². The quantitative estimate of drug-likeness (QED) is 0.628. The van der Waals surface area contributed by atoms with Gasteiger partial charge in [0.1, 0.15) is 0 Å². The fraction of sp³-hybridized carbons (Fsp3) is 0.800. The first-order chi connectivity index (χ1) is 5.86. The Labute approximate surface area is 73.1 Å². The predicted octanol–water partition coefficient (Wildman–Crippen LogP) is 1.98. The topological polar surface area (TPSA) is 29.4 Å². The van der Waals surface area contributed by atoms with Gasteiger partial charge in [-0.25, -0.2) is 0 Å². The highest BCUT2D eigenvalue weighted by Crippen LogP contribution is 2.32. The second kappa shape index (κ2) is 3.38. The molecule has 2 heteroatoms. The fourth-order valence-electron chi connectivity index (χ4n) is 1.63. The van der Waals surface area contributed by atoms with Gasteiger partial charge in [0.15, 0.2) is 5.78 Å². The molecule has 66 valence electrons. The second-order valence-electron chi connectivity index (χ2n) is 3.86. The number of aliphatic imine (C=N–C) groups is 1. The molecule has 0 atom stereocenters. The predicted molar refractivity (Wildman–Crippen MR) is 48.5 cm³/mol. The summed E-state index contributed by atoms with van der Waals surface area (Å²) in [4.78, 5) is 15.8. The first kappa shape index (κ1) is 7.96. The standard InChI is InChI=1S/C10H15NO/c12-10(7-8-4-5-8)9-3-1-2-6-11-9/h8H,1-7H2. The molecule has 1 heterocycles. The smallest absolute Gasteiger partial charge is 0.176 e. The van der Waals surface area contributed by atoms with Crippen molar-refractivity contribution in [2.24, 2.45) is 10.9 Å². The summed E-state index contributed by atoms with van der Waals surface area (Å²) < 4.78 is 0. The molecular weight excluding hydrogens is 150 g/mol. The Morgan fingerprint density at radius 3 is 2.83 bits per heavy atom. The van der Waals surface area contributed by atoms with Crippen LogP contribution in [-0.2, 0) is 4.79 Å². The number of Topliss-reactive ketones (excluding diaryl/α,β-unsaturated/α-hetero) is 1. The molecule has 0 aromatic rings. The van der Waals surface area contributed by atoms with Crippen molar-refractivity contribution in [2.45, 2.75) is 38.5 Å². The van der Waals surface area contributed by atoms with Crippen molar-refractivity contribution in [2.75, 3.05) is 6.54 Å². The lowest BCUT2D eigenvalue weighted by Crippen LogP contribution is -2.18. The molecule has 1 aliphatic heterocycles. The van der Waals surface area contributed by atoms with E-state index in [1.54, 1.807) is 0 Å². The summed E-state index contributed by atoms with van der Waals surface area (Å²) in [6, 6.07) is 0. The van der Waals surface area contributed by atoms with Gasteiger partial charge in [-0.3, -0.25) is 9.79 Å². The third-order valence-corrected chi connectivity index (χ3v) is 2.62. The van der Waals surface area contributed by atoms with Crippen LogP contribution in [0.15, 0.2) is 4.99 Å². The van der Waals surface area contributed by atoms with Crippen molar-refractivity contribution in [1.29, 1.82) is 0 Å². The molecule has 1 fully saturated rings. The lowest BCUT2D eigenvalue weighted by molar-refractivity contribution is -0.113.